The van der Waals surface area contributed by atoms with Gasteiger partial charge in [-0.1, -0.05) is 17.4 Å². The lowest BCUT2D eigenvalue weighted by Crippen LogP contribution is -2.07. The fourth-order valence-corrected chi connectivity index (χ4v) is 2.57. The van der Waals surface area contributed by atoms with Gasteiger partial charge in [-0.25, -0.2) is 0 Å². The van der Waals surface area contributed by atoms with E-state index in [9.17, 15) is 4.79 Å². The molecule has 8 heteroatoms. The van der Waals surface area contributed by atoms with Crippen LogP contribution in [0.3, 0.4) is 0 Å². The Morgan fingerprint density at radius 2 is 2.26 bits per heavy atom. The van der Waals surface area contributed by atoms with E-state index in [-0.39, 0.29) is 12.7 Å². The molecule has 7 nitrogen and oxygen atoms in total. The predicted octanol–water partition coefficient (Wildman–Crippen LogP) is 2.46. The van der Waals surface area contributed by atoms with Crippen LogP contribution in [0.25, 0.3) is 6.08 Å². The van der Waals surface area contributed by atoms with Gasteiger partial charge >= 0.3 is 0 Å². The van der Waals surface area contributed by atoms with Crippen molar-refractivity contribution in [2.75, 3.05) is 18.7 Å². The van der Waals surface area contributed by atoms with Crippen molar-refractivity contribution in [3.05, 3.63) is 34.8 Å². The van der Waals surface area contributed by atoms with E-state index in [0.717, 1.165) is 10.6 Å². The van der Waals surface area contributed by atoms with E-state index >= 15 is 0 Å². The average Bonchev–Trinajstić information content (AvgIpc) is 3.19. The molecule has 0 fully saturated rings. The van der Waals surface area contributed by atoms with Crippen LogP contribution in [0.4, 0.5) is 5.13 Å². The molecule has 1 N–H and O–H groups in total. The Labute approximate surface area is 136 Å². The first kappa shape index (κ1) is 15.4. The third kappa shape index (κ3) is 4.05. The molecule has 1 aromatic carbocycles. The summed E-state index contributed by atoms with van der Waals surface area (Å²) in [4.78, 5) is 11.9. The fraction of sp³-hybridized carbons (Fsp3) is 0.267. The van der Waals surface area contributed by atoms with E-state index in [0.29, 0.717) is 29.8 Å². The number of carbonyl (C=O) groups is 1. The highest BCUT2D eigenvalue weighted by atomic mass is 32.1. The van der Waals surface area contributed by atoms with E-state index in [4.69, 9.17) is 14.2 Å². The van der Waals surface area contributed by atoms with E-state index in [1.54, 1.807) is 6.08 Å². The minimum atomic E-state index is -0.276. The maximum atomic E-state index is 11.9. The molecular formula is C15H15N3O4S. The monoisotopic (exact) mass is 333 g/mol. The van der Waals surface area contributed by atoms with Crippen LogP contribution in [0.2, 0.25) is 0 Å². The van der Waals surface area contributed by atoms with Gasteiger partial charge in [0.2, 0.25) is 17.8 Å². The Morgan fingerprint density at radius 1 is 1.39 bits per heavy atom. The Balaban J connectivity index is 1.57. The largest absolute Gasteiger partial charge is 0.454 e. The first-order valence-corrected chi connectivity index (χ1v) is 7.85. The molecular weight excluding hydrogens is 318 g/mol. The van der Waals surface area contributed by atoms with Crippen molar-refractivity contribution in [1.29, 1.82) is 0 Å². The molecule has 23 heavy (non-hydrogen) atoms. The number of nitrogens with zero attached hydrogens (tertiary/aromatic N) is 2. The summed E-state index contributed by atoms with van der Waals surface area (Å²) in [6.07, 6.45) is 3.13. The highest BCUT2D eigenvalue weighted by Gasteiger charge is 2.12. The number of aromatic nitrogens is 2. The second kappa shape index (κ2) is 7.21. The zero-order chi connectivity index (χ0) is 16.1. The number of hydrogen-bond acceptors (Lipinski definition) is 7. The van der Waals surface area contributed by atoms with Gasteiger partial charge in [0.25, 0.3) is 0 Å². The highest BCUT2D eigenvalue weighted by molar-refractivity contribution is 7.15. The molecule has 3 rings (SSSR count). The van der Waals surface area contributed by atoms with Crippen LogP contribution < -0.4 is 14.8 Å². The first-order valence-electron chi connectivity index (χ1n) is 7.03. The number of nitrogens with one attached hydrogen (secondary N) is 1. The number of amides is 1. The Kier molecular flexibility index (Phi) is 4.84. The molecule has 0 atom stereocenters. The van der Waals surface area contributed by atoms with Gasteiger partial charge in [-0.15, -0.1) is 10.2 Å². The highest BCUT2D eigenvalue weighted by Crippen LogP contribution is 2.32. The van der Waals surface area contributed by atoms with Crippen LogP contribution in [0, 0.1) is 0 Å². The molecule has 1 aliphatic rings. The molecule has 0 saturated carbocycles. The van der Waals surface area contributed by atoms with Crippen molar-refractivity contribution in [1.82, 2.24) is 10.2 Å². The number of fused-ring (bicyclic) bond motifs is 1. The SMILES string of the molecule is CCOCc1nnc(NC(=O)C=Cc2ccc3c(c2)OCO3)s1. The predicted molar refractivity (Wildman–Crippen MR) is 85.5 cm³/mol. The second-order valence-electron chi connectivity index (χ2n) is 4.57. The number of anilines is 1. The van der Waals surface area contributed by atoms with Gasteiger partial charge < -0.3 is 14.2 Å². The third-order valence-electron chi connectivity index (χ3n) is 2.95. The zero-order valence-corrected chi connectivity index (χ0v) is 13.3. The van der Waals surface area contributed by atoms with E-state index in [1.807, 2.05) is 25.1 Å². The summed E-state index contributed by atoms with van der Waals surface area (Å²) < 4.78 is 15.8. The molecule has 2 heterocycles. The van der Waals surface area contributed by atoms with Crippen molar-refractivity contribution in [3.63, 3.8) is 0 Å². The lowest BCUT2D eigenvalue weighted by atomic mass is 10.2. The molecule has 2 aromatic rings. The third-order valence-corrected chi connectivity index (χ3v) is 3.76. The van der Waals surface area contributed by atoms with Gasteiger partial charge in [-0.05, 0) is 30.7 Å². The molecule has 0 bridgehead atoms. The summed E-state index contributed by atoms with van der Waals surface area (Å²) in [5.41, 5.74) is 0.846. The summed E-state index contributed by atoms with van der Waals surface area (Å²) in [5.74, 6) is 1.11. The van der Waals surface area contributed by atoms with Crippen molar-refractivity contribution in [3.8, 4) is 11.5 Å². The standard InChI is InChI=1S/C15H15N3O4S/c1-2-20-8-14-17-18-15(23-14)16-13(19)6-4-10-3-5-11-12(7-10)22-9-21-11/h3-7H,2,8-9H2,1H3,(H,16,18,19). The smallest absolute Gasteiger partial charge is 0.250 e. The Hall–Kier alpha value is -2.45. The molecule has 1 aromatic heterocycles. The quantitative estimate of drug-likeness (QED) is 0.818. The molecule has 120 valence electrons. The Bertz CT molecular complexity index is 729. The summed E-state index contributed by atoms with van der Waals surface area (Å²) in [6, 6.07) is 5.48. The van der Waals surface area contributed by atoms with Gasteiger partial charge in [0.15, 0.2) is 11.5 Å². The van der Waals surface area contributed by atoms with Crippen LogP contribution in [0.1, 0.15) is 17.5 Å². The number of rotatable bonds is 6. The minimum absolute atomic E-state index is 0.226. The van der Waals surface area contributed by atoms with Gasteiger partial charge in [0.1, 0.15) is 11.6 Å². The second-order valence-corrected chi connectivity index (χ2v) is 5.64. The topological polar surface area (TPSA) is 82.6 Å². The number of carbonyl (C=O) groups excluding carboxylic acids is 1. The van der Waals surface area contributed by atoms with E-state index in [1.165, 1.54) is 17.4 Å². The van der Waals surface area contributed by atoms with Crippen LogP contribution >= 0.6 is 11.3 Å². The summed E-state index contributed by atoms with van der Waals surface area (Å²) in [5, 5.41) is 11.7. The molecule has 1 amide bonds. The molecule has 0 aliphatic carbocycles. The summed E-state index contributed by atoms with van der Waals surface area (Å²) in [7, 11) is 0. The van der Waals surface area contributed by atoms with Gasteiger partial charge in [0, 0.05) is 12.7 Å². The van der Waals surface area contributed by atoms with Crippen LogP contribution in [-0.2, 0) is 16.1 Å². The number of hydrogen-bond donors (Lipinski definition) is 1. The number of benzene rings is 1. The van der Waals surface area contributed by atoms with Crippen molar-refractivity contribution in [2.45, 2.75) is 13.5 Å². The van der Waals surface area contributed by atoms with E-state index < -0.39 is 0 Å². The van der Waals surface area contributed by atoms with Crippen LogP contribution in [0.5, 0.6) is 11.5 Å². The minimum Gasteiger partial charge on any atom is -0.454 e. The summed E-state index contributed by atoms with van der Waals surface area (Å²) >= 11 is 1.29. The Morgan fingerprint density at radius 3 is 3.13 bits per heavy atom. The molecule has 1 aliphatic heterocycles. The maximum Gasteiger partial charge on any atom is 0.250 e. The normalized spacial score (nSPS) is 12.7. The van der Waals surface area contributed by atoms with Gasteiger partial charge in [0.05, 0.1) is 0 Å². The molecule has 0 spiro atoms. The average molecular weight is 333 g/mol. The maximum absolute atomic E-state index is 11.9. The van der Waals surface area contributed by atoms with E-state index in [2.05, 4.69) is 15.5 Å². The number of ether oxygens (including phenoxy) is 3. The summed E-state index contributed by atoms with van der Waals surface area (Å²) in [6.45, 7) is 3.14. The van der Waals surface area contributed by atoms with Gasteiger partial charge in [-0.3, -0.25) is 10.1 Å². The lowest BCUT2D eigenvalue weighted by molar-refractivity contribution is -0.111. The molecule has 0 saturated heterocycles. The van der Waals surface area contributed by atoms with Crippen LogP contribution in [-0.4, -0.2) is 29.5 Å². The van der Waals surface area contributed by atoms with Crippen molar-refractivity contribution >= 4 is 28.5 Å². The fourth-order valence-electron chi connectivity index (χ4n) is 1.89. The zero-order valence-electron chi connectivity index (χ0n) is 12.4. The molecule has 0 unspecified atom stereocenters. The van der Waals surface area contributed by atoms with Gasteiger partial charge in [-0.2, -0.15) is 0 Å². The lowest BCUT2D eigenvalue weighted by Gasteiger charge is -1.98. The molecule has 0 radical (unpaired) electrons. The van der Waals surface area contributed by atoms with Crippen molar-refractivity contribution in [2.24, 2.45) is 0 Å². The first-order chi connectivity index (χ1) is 11.2. The van der Waals surface area contributed by atoms with Crippen molar-refractivity contribution < 1.29 is 19.0 Å². The van der Waals surface area contributed by atoms with Crippen LogP contribution in [0.15, 0.2) is 24.3 Å².